The molecule has 0 N–H and O–H groups in total. The normalized spacial score (nSPS) is 11.5. The minimum atomic E-state index is -1.06. The number of carbonyl (C=O) groups is 1. The first-order valence-corrected chi connectivity index (χ1v) is 4.95. The molecule has 5 heteroatoms. The predicted molar refractivity (Wildman–Crippen MR) is 56.6 cm³/mol. The summed E-state index contributed by atoms with van der Waals surface area (Å²) in [6, 6.07) is 1.10. The quantitative estimate of drug-likeness (QED) is 0.603. The van der Waals surface area contributed by atoms with Crippen molar-refractivity contribution in [1.82, 2.24) is 0 Å². The highest BCUT2D eigenvalue weighted by atomic mass is 19.1. The molecule has 0 aliphatic heterocycles. The third-order valence-electron chi connectivity index (χ3n) is 2.00. The number of rotatable bonds is 3. The molecule has 2 nitrogen and oxygen atoms in total. The highest BCUT2D eigenvalue weighted by molar-refractivity contribution is 5.93. The third kappa shape index (κ3) is 3.34. The van der Waals surface area contributed by atoms with Gasteiger partial charge in [0.1, 0.15) is 17.5 Å². The molecule has 1 rings (SSSR count). The number of benzene rings is 1. The summed E-state index contributed by atoms with van der Waals surface area (Å²) < 4.78 is 43.8. The lowest BCUT2D eigenvalue weighted by Gasteiger charge is -2.03. The summed E-state index contributed by atoms with van der Waals surface area (Å²) in [5.41, 5.74) is -0.423. The standard InChI is InChI=1S/C12H11F3O2/c1-3-17-12(16)7(2)4-9-10(14)5-8(13)6-11(9)15/h4-6H,3H2,1-2H3/b7-4+. The van der Waals surface area contributed by atoms with Gasteiger partial charge in [0.25, 0.3) is 0 Å². The average Bonchev–Trinajstić information content (AvgIpc) is 2.23. The maximum Gasteiger partial charge on any atom is 0.333 e. The summed E-state index contributed by atoms with van der Waals surface area (Å²) in [5.74, 6) is -3.81. The maximum absolute atomic E-state index is 13.2. The van der Waals surface area contributed by atoms with Crippen LogP contribution in [0.3, 0.4) is 0 Å². The van der Waals surface area contributed by atoms with Gasteiger partial charge >= 0.3 is 5.97 Å². The zero-order valence-corrected chi connectivity index (χ0v) is 9.39. The Morgan fingerprint density at radius 3 is 2.29 bits per heavy atom. The summed E-state index contributed by atoms with van der Waals surface area (Å²) >= 11 is 0. The minimum Gasteiger partial charge on any atom is -0.463 e. The Morgan fingerprint density at radius 2 is 1.82 bits per heavy atom. The molecule has 1 aromatic carbocycles. The van der Waals surface area contributed by atoms with Crippen LogP contribution in [0.5, 0.6) is 0 Å². The molecule has 0 aromatic heterocycles. The van der Waals surface area contributed by atoms with Crippen LogP contribution >= 0.6 is 0 Å². The molecule has 17 heavy (non-hydrogen) atoms. The zero-order valence-electron chi connectivity index (χ0n) is 9.39. The summed E-state index contributed by atoms with van der Waals surface area (Å²) in [6.45, 7) is 3.14. The number of ether oxygens (including phenoxy) is 1. The lowest BCUT2D eigenvalue weighted by Crippen LogP contribution is -2.05. The van der Waals surface area contributed by atoms with E-state index in [1.807, 2.05) is 0 Å². The van der Waals surface area contributed by atoms with Crippen molar-refractivity contribution in [2.75, 3.05) is 6.61 Å². The Hall–Kier alpha value is -1.78. The molecule has 0 spiro atoms. The van der Waals surface area contributed by atoms with Gasteiger partial charge in [-0.2, -0.15) is 0 Å². The Labute approximate surface area is 96.7 Å². The zero-order chi connectivity index (χ0) is 13.0. The second kappa shape index (κ2) is 5.52. The second-order valence-electron chi connectivity index (χ2n) is 3.33. The second-order valence-corrected chi connectivity index (χ2v) is 3.33. The topological polar surface area (TPSA) is 26.3 Å². The van der Waals surface area contributed by atoms with Crippen LogP contribution in [-0.4, -0.2) is 12.6 Å². The molecule has 0 amide bonds. The Kier molecular flexibility index (Phi) is 4.31. The molecule has 0 radical (unpaired) electrons. The summed E-state index contributed by atoms with van der Waals surface area (Å²) in [6.07, 6.45) is 0.988. The smallest absolute Gasteiger partial charge is 0.333 e. The fourth-order valence-corrected chi connectivity index (χ4v) is 1.21. The first-order valence-electron chi connectivity index (χ1n) is 4.95. The Bertz CT molecular complexity index is 444. The van der Waals surface area contributed by atoms with Crippen LogP contribution in [0.25, 0.3) is 6.08 Å². The van der Waals surface area contributed by atoms with Gasteiger partial charge in [0.2, 0.25) is 0 Å². The highest BCUT2D eigenvalue weighted by Crippen LogP contribution is 2.18. The molecule has 0 fully saturated rings. The van der Waals surface area contributed by atoms with Crippen molar-refractivity contribution in [2.45, 2.75) is 13.8 Å². The van der Waals surface area contributed by atoms with E-state index >= 15 is 0 Å². The van der Waals surface area contributed by atoms with E-state index in [1.165, 1.54) is 6.92 Å². The van der Waals surface area contributed by atoms with E-state index in [9.17, 15) is 18.0 Å². The van der Waals surface area contributed by atoms with Gasteiger partial charge in [-0.15, -0.1) is 0 Å². The number of carbonyl (C=O) groups excluding carboxylic acids is 1. The fraction of sp³-hybridized carbons (Fsp3) is 0.250. The number of hydrogen-bond acceptors (Lipinski definition) is 2. The SMILES string of the molecule is CCOC(=O)/C(C)=C/c1c(F)cc(F)cc1F. The van der Waals surface area contributed by atoms with E-state index in [0.29, 0.717) is 12.1 Å². The third-order valence-corrected chi connectivity index (χ3v) is 2.00. The van der Waals surface area contributed by atoms with E-state index in [1.54, 1.807) is 6.92 Å². The molecule has 0 bridgehead atoms. The van der Waals surface area contributed by atoms with E-state index in [2.05, 4.69) is 4.74 Å². The molecular formula is C12H11F3O2. The summed E-state index contributed by atoms with van der Waals surface area (Å²) in [4.78, 5) is 11.2. The van der Waals surface area contributed by atoms with Gasteiger partial charge in [-0.25, -0.2) is 18.0 Å². The van der Waals surface area contributed by atoms with Crippen LogP contribution in [0.15, 0.2) is 17.7 Å². The van der Waals surface area contributed by atoms with Crippen LogP contribution in [0.1, 0.15) is 19.4 Å². The number of hydrogen-bond donors (Lipinski definition) is 0. The van der Waals surface area contributed by atoms with Crippen molar-refractivity contribution in [3.63, 3.8) is 0 Å². The average molecular weight is 244 g/mol. The lowest BCUT2D eigenvalue weighted by atomic mass is 10.1. The predicted octanol–water partition coefficient (Wildman–Crippen LogP) is 3.07. The highest BCUT2D eigenvalue weighted by Gasteiger charge is 2.12. The van der Waals surface area contributed by atoms with Gasteiger partial charge < -0.3 is 4.74 Å². The van der Waals surface area contributed by atoms with Crippen LogP contribution in [-0.2, 0) is 9.53 Å². The van der Waals surface area contributed by atoms with Gasteiger partial charge in [-0.3, -0.25) is 0 Å². The number of halogens is 3. The molecule has 92 valence electrons. The molecule has 0 atom stereocenters. The molecule has 0 aliphatic rings. The van der Waals surface area contributed by atoms with Crippen molar-refractivity contribution in [1.29, 1.82) is 0 Å². The van der Waals surface area contributed by atoms with Gasteiger partial charge in [0.05, 0.1) is 6.61 Å². The molecule has 0 saturated heterocycles. The van der Waals surface area contributed by atoms with E-state index in [0.717, 1.165) is 6.08 Å². The van der Waals surface area contributed by atoms with Crippen LogP contribution < -0.4 is 0 Å². The van der Waals surface area contributed by atoms with Gasteiger partial charge in [-0.05, 0) is 19.9 Å². The van der Waals surface area contributed by atoms with Crippen molar-refractivity contribution >= 4 is 12.0 Å². The molecule has 0 unspecified atom stereocenters. The molecule has 0 saturated carbocycles. The summed E-state index contributed by atoms with van der Waals surface area (Å²) in [5, 5.41) is 0. The fourth-order valence-electron chi connectivity index (χ4n) is 1.21. The van der Waals surface area contributed by atoms with E-state index in [4.69, 9.17) is 0 Å². The first kappa shape index (κ1) is 13.3. The largest absolute Gasteiger partial charge is 0.463 e. The Morgan fingerprint density at radius 1 is 1.29 bits per heavy atom. The van der Waals surface area contributed by atoms with Crippen LogP contribution in [0, 0.1) is 17.5 Å². The van der Waals surface area contributed by atoms with Crippen LogP contribution in [0.4, 0.5) is 13.2 Å². The minimum absolute atomic E-state index is 0.0382. The van der Waals surface area contributed by atoms with Gasteiger partial charge in [0, 0.05) is 23.3 Å². The molecular weight excluding hydrogens is 233 g/mol. The molecule has 1 aromatic rings. The first-order chi connectivity index (χ1) is 7.95. The van der Waals surface area contributed by atoms with Crippen molar-refractivity contribution < 1.29 is 22.7 Å². The van der Waals surface area contributed by atoms with Crippen molar-refractivity contribution in [3.8, 4) is 0 Å². The summed E-state index contributed by atoms with van der Waals surface area (Å²) in [7, 11) is 0. The van der Waals surface area contributed by atoms with Gasteiger partial charge in [-0.1, -0.05) is 0 Å². The lowest BCUT2D eigenvalue weighted by molar-refractivity contribution is -0.138. The monoisotopic (exact) mass is 244 g/mol. The van der Waals surface area contributed by atoms with E-state index < -0.39 is 29.0 Å². The maximum atomic E-state index is 13.2. The Balaban J connectivity index is 3.10. The van der Waals surface area contributed by atoms with Crippen molar-refractivity contribution in [2.24, 2.45) is 0 Å². The van der Waals surface area contributed by atoms with Crippen LogP contribution in [0.2, 0.25) is 0 Å². The molecule has 0 heterocycles. The van der Waals surface area contributed by atoms with Crippen molar-refractivity contribution in [3.05, 3.63) is 40.7 Å². The van der Waals surface area contributed by atoms with Gasteiger partial charge in [0.15, 0.2) is 0 Å². The number of esters is 1. The molecule has 0 aliphatic carbocycles. The van der Waals surface area contributed by atoms with E-state index in [-0.39, 0.29) is 12.2 Å².